The zero-order chi connectivity index (χ0) is 10.4. The molecule has 1 aliphatic rings. The maximum absolute atomic E-state index is 11.3. The molecule has 0 aromatic carbocycles. The molecule has 0 saturated heterocycles. The van der Waals surface area contributed by atoms with Crippen molar-refractivity contribution in [2.75, 3.05) is 25.9 Å². The van der Waals surface area contributed by atoms with E-state index in [1.165, 1.54) is 19.3 Å². The first-order valence-corrected chi connectivity index (χ1v) is 6.91. The highest BCUT2D eigenvalue weighted by molar-refractivity contribution is 7.89. The lowest BCUT2D eigenvalue weighted by Crippen LogP contribution is -2.32. The zero-order valence-electron chi connectivity index (χ0n) is 8.75. The number of sulfonamides is 1. The van der Waals surface area contributed by atoms with E-state index < -0.39 is 10.0 Å². The van der Waals surface area contributed by atoms with Crippen molar-refractivity contribution < 1.29 is 8.42 Å². The fourth-order valence-corrected chi connectivity index (χ4v) is 2.55. The van der Waals surface area contributed by atoms with Gasteiger partial charge in [0.15, 0.2) is 0 Å². The molecule has 84 valence electrons. The Hall–Kier alpha value is -0.130. The minimum absolute atomic E-state index is 0.175. The third kappa shape index (κ3) is 4.39. The number of nitrogens with one attached hydrogen (secondary N) is 2. The topological polar surface area (TPSA) is 58.2 Å². The van der Waals surface area contributed by atoms with Crippen LogP contribution in [0, 0.1) is 5.92 Å². The van der Waals surface area contributed by atoms with E-state index >= 15 is 0 Å². The standard InChI is InChI=1S/C9H20N2O2S/c1-10-7-8-14(12,13)11-6-5-9-3-2-4-9/h9-11H,2-8H2,1H3. The molecule has 0 aromatic rings. The summed E-state index contributed by atoms with van der Waals surface area (Å²) >= 11 is 0. The van der Waals surface area contributed by atoms with Crippen molar-refractivity contribution in [3.8, 4) is 0 Å². The minimum atomic E-state index is -3.04. The summed E-state index contributed by atoms with van der Waals surface area (Å²) in [5, 5.41) is 2.83. The Morgan fingerprint density at radius 3 is 2.50 bits per heavy atom. The van der Waals surface area contributed by atoms with Crippen LogP contribution in [0.1, 0.15) is 25.7 Å². The molecule has 0 spiro atoms. The molecular weight excluding hydrogens is 200 g/mol. The van der Waals surface area contributed by atoms with E-state index in [0.717, 1.165) is 12.3 Å². The van der Waals surface area contributed by atoms with Gasteiger partial charge in [-0.3, -0.25) is 0 Å². The van der Waals surface area contributed by atoms with Crippen LogP contribution in [0.4, 0.5) is 0 Å². The van der Waals surface area contributed by atoms with E-state index in [1.54, 1.807) is 7.05 Å². The summed E-state index contributed by atoms with van der Waals surface area (Å²) in [6.07, 6.45) is 4.87. The molecule has 14 heavy (non-hydrogen) atoms. The molecule has 0 amide bonds. The number of hydrogen-bond donors (Lipinski definition) is 2. The van der Waals surface area contributed by atoms with Crippen LogP contribution < -0.4 is 10.0 Å². The van der Waals surface area contributed by atoms with E-state index in [2.05, 4.69) is 10.0 Å². The van der Waals surface area contributed by atoms with Gasteiger partial charge in [-0.2, -0.15) is 0 Å². The van der Waals surface area contributed by atoms with Crippen LogP contribution in [0.5, 0.6) is 0 Å². The maximum atomic E-state index is 11.3. The summed E-state index contributed by atoms with van der Waals surface area (Å²) < 4.78 is 25.3. The second kappa shape index (κ2) is 5.68. The van der Waals surface area contributed by atoms with Gasteiger partial charge in [0.05, 0.1) is 5.75 Å². The molecule has 4 nitrogen and oxygen atoms in total. The van der Waals surface area contributed by atoms with Crippen LogP contribution in [0.25, 0.3) is 0 Å². The quantitative estimate of drug-likeness (QED) is 0.649. The summed E-state index contributed by atoms with van der Waals surface area (Å²) in [5.74, 6) is 0.941. The molecule has 0 aromatic heterocycles. The van der Waals surface area contributed by atoms with Crippen molar-refractivity contribution in [2.24, 2.45) is 5.92 Å². The third-order valence-corrected chi connectivity index (χ3v) is 4.11. The second-order valence-electron chi connectivity index (χ2n) is 3.90. The predicted octanol–water partition coefficient (Wildman–Crippen LogP) is 0.315. The van der Waals surface area contributed by atoms with E-state index in [-0.39, 0.29) is 5.75 Å². The molecule has 0 bridgehead atoms. The first-order valence-electron chi connectivity index (χ1n) is 5.26. The normalized spacial score (nSPS) is 18.1. The van der Waals surface area contributed by atoms with Crippen molar-refractivity contribution in [3.63, 3.8) is 0 Å². The van der Waals surface area contributed by atoms with Gasteiger partial charge in [0.2, 0.25) is 10.0 Å². The van der Waals surface area contributed by atoms with E-state index in [0.29, 0.717) is 13.1 Å². The Morgan fingerprint density at radius 1 is 1.29 bits per heavy atom. The van der Waals surface area contributed by atoms with Crippen LogP contribution in [0.15, 0.2) is 0 Å². The Labute approximate surface area is 86.5 Å². The first kappa shape index (κ1) is 11.9. The van der Waals surface area contributed by atoms with Crippen LogP contribution >= 0.6 is 0 Å². The molecule has 1 fully saturated rings. The molecule has 0 unspecified atom stereocenters. The second-order valence-corrected chi connectivity index (χ2v) is 5.83. The van der Waals surface area contributed by atoms with Crippen LogP contribution in [-0.2, 0) is 10.0 Å². The molecule has 5 heteroatoms. The summed E-state index contributed by atoms with van der Waals surface area (Å²) in [5.41, 5.74) is 0. The predicted molar refractivity (Wildman–Crippen MR) is 57.7 cm³/mol. The number of hydrogen-bond acceptors (Lipinski definition) is 3. The molecule has 2 N–H and O–H groups in total. The smallest absolute Gasteiger partial charge is 0.212 e. The lowest BCUT2D eigenvalue weighted by molar-refractivity contribution is 0.297. The summed E-state index contributed by atoms with van der Waals surface area (Å²) in [4.78, 5) is 0. The highest BCUT2D eigenvalue weighted by Crippen LogP contribution is 2.28. The van der Waals surface area contributed by atoms with Crippen molar-refractivity contribution in [1.29, 1.82) is 0 Å². The van der Waals surface area contributed by atoms with E-state index in [9.17, 15) is 8.42 Å². The molecule has 1 rings (SSSR count). The highest BCUT2D eigenvalue weighted by atomic mass is 32.2. The van der Waals surface area contributed by atoms with Gasteiger partial charge in [0.1, 0.15) is 0 Å². The van der Waals surface area contributed by atoms with Gasteiger partial charge >= 0.3 is 0 Å². The van der Waals surface area contributed by atoms with Crippen molar-refractivity contribution in [2.45, 2.75) is 25.7 Å². The molecule has 1 aliphatic carbocycles. The van der Waals surface area contributed by atoms with E-state index in [1.807, 2.05) is 0 Å². The fraction of sp³-hybridized carbons (Fsp3) is 1.00. The molecule has 1 saturated carbocycles. The average Bonchev–Trinajstić information content (AvgIpc) is 2.06. The van der Waals surface area contributed by atoms with Crippen molar-refractivity contribution >= 4 is 10.0 Å². The third-order valence-electron chi connectivity index (χ3n) is 2.72. The number of rotatable bonds is 7. The van der Waals surface area contributed by atoms with E-state index in [4.69, 9.17) is 0 Å². The largest absolute Gasteiger partial charge is 0.319 e. The lowest BCUT2D eigenvalue weighted by Gasteiger charge is -2.25. The van der Waals surface area contributed by atoms with Gasteiger partial charge in [-0.05, 0) is 19.4 Å². The maximum Gasteiger partial charge on any atom is 0.212 e. The SMILES string of the molecule is CNCCS(=O)(=O)NCCC1CCC1. The minimum Gasteiger partial charge on any atom is -0.319 e. The van der Waals surface area contributed by atoms with Crippen LogP contribution in [0.2, 0.25) is 0 Å². The average molecular weight is 220 g/mol. The first-order chi connectivity index (χ1) is 6.64. The summed E-state index contributed by atoms with van der Waals surface area (Å²) in [6, 6.07) is 0. The van der Waals surface area contributed by atoms with Gasteiger partial charge in [-0.25, -0.2) is 13.1 Å². The highest BCUT2D eigenvalue weighted by Gasteiger charge is 2.17. The fourth-order valence-electron chi connectivity index (χ4n) is 1.51. The van der Waals surface area contributed by atoms with Gasteiger partial charge < -0.3 is 5.32 Å². The Kier molecular flexibility index (Phi) is 4.84. The Morgan fingerprint density at radius 2 is 2.00 bits per heavy atom. The molecule has 0 atom stereocenters. The van der Waals surface area contributed by atoms with Crippen LogP contribution in [0.3, 0.4) is 0 Å². The van der Waals surface area contributed by atoms with Gasteiger partial charge in [0, 0.05) is 13.1 Å². The zero-order valence-corrected chi connectivity index (χ0v) is 9.57. The van der Waals surface area contributed by atoms with Crippen LogP contribution in [-0.4, -0.2) is 34.3 Å². The Balaban J connectivity index is 2.08. The summed E-state index contributed by atoms with van der Waals surface area (Å²) in [6.45, 7) is 1.12. The molecule has 0 radical (unpaired) electrons. The molecule has 0 heterocycles. The van der Waals surface area contributed by atoms with Crippen molar-refractivity contribution in [3.05, 3.63) is 0 Å². The van der Waals surface area contributed by atoms with Gasteiger partial charge in [0.25, 0.3) is 0 Å². The van der Waals surface area contributed by atoms with Crippen molar-refractivity contribution in [1.82, 2.24) is 10.0 Å². The lowest BCUT2D eigenvalue weighted by atomic mass is 9.83. The van der Waals surface area contributed by atoms with Gasteiger partial charge in [-0.15, -0.1) is 0 Å². The molecular formula is C9H20N2O2S. The molecule has 0 aliphatic heterocycles. The Bertz CT molecular complexity index is 248. The van der Waals surface area contributed by atoms with Gasteiger partial charge in [-0.1, -0.05) is 19.3 Å². The summed E-state index contributed by atoms with van der Waals surface area (Å²) in [7, 11) is -1.28. The monoisotopic (exact) mass is 220 g/mol.